The maximum Gasteiger partial charge on any atom is 0.387 e. The van der Waals surface area contributed by atoms with Crippen molar-refractivity contribution in [3.63, 3.8) is 0 Å². The molecular formula is C19H25F2IN4OS. The third kappa shape index (κ3) is 6.47. The highest BCUT2D eigenvalue weighted by Crippen LogP contribution is 2.25. The Morgan fingerprint density at radius 2 is 2.00 bits per heavy atom. The summed E-state index contributed by atoms with van der Waals surface area (Å²) in [7, 11) is 1.71. The Kier molecular flexibility index (Phi) is 9.23. The van der Waals surface area contributed by atoms with E-state index in [9.17, 15) is 8.78 Å². The molecule has 1 aliphatic rings. The number of nitrogens with one attached hydrogen (secondary N) is 2. The highest BCUT2D eigenvalue weighted by Gasteiger charge is 2.20. The zero-order chi connectivity index (χ0) is 19.1. The van der Waals surface area contributed by atoms with Crippen molar-refractivity contribution in [2.75, 3.05) is 25.0 Å². The van der Waals surface area contributed by atoms with Crippen LogP contribution in [0.2, 0.25) is 0 Å². The molecule has 9 heteroatoms. The van der Waals surface area contributed by atoms with Gasteiger partial charge in [-0.05, 0) is 36.4 Å². The van der Waals surface area contributed by atoms with Gasteiger partial charge in [0.25, 0.3) is 0 Å². The van der Waals surface area contributed by atoms with E-state index in [0.717, 1.165) is 25.9 Å². The van der Waals surface area contributed by atoms with Crippen LogP contribution in [0.3, 0.4) is 0 Å². The van der Waals surface area contributed by atoms with Crippen LogP contribution in [-0.2, 0) is 6.54 Å². The molecule has 28 heavy (non-hydrogen) atoms. The maximum absolute atomic E-state index is 12.5. The number of benzene rings is 1. The molecule has 0 unspecified atom stereocenters. The number of hydrogen-bond acceptors (Lipinski definition) is 4. The van der Waals surface area contributed by atoms with E-state index in [2.05, 4.69) is 42.8 Å². The zero-order valence-corrected chi connectivity index (χ0v) is 18.8. The van der Waals surface area contributed by atoms with Crippen molar-refractivity contribution in [3.05, 3.63) is 47.3 Å². The summed E-state index contributed by atoms with van der Waals surface area (Å²) >= 11 is 1.76. The molecule has 0 bridgehead atoms. The number of hydrogen-bond donors (Lipinski definition) is 2. The van der Waals surface area contributed by atoms with Crippen LogP contribution in [0.5, 0.6) is 5.75 Å². The van der Waals surface area contributed by atoms with Crippen molar-refractivity contribution in [1.82, 2.24) is 10.6 Å². The Morgan fingerprint density at radius 1 is 1.25 bits per heavy atom. The molecule has 1 fully saturated rings. The first-order valence-electron chi connectivity index (χ1n) is 8.94. The summed E-state index contributed by atoms with van der Waals surface area (Å²) in [4.78, 5) is 6.65. The molecule has 0 saturated carbocycles. The smallest absolute Gasteiger partial charge is 0.387 e. The van der Waals surface area contributed by atoms with Gasteiger partial charge in [0.2, 0.25) is 0 Å². The molecular weight excluding hydrogens is 497 g/mol. The van der Waals surface area contributed by atoms with Gasteiger partial charge in [-0.25, -0.2) is 0 Å². The van der Waals surface area contributed by atoms with Crippen LogP contribution in [0.4, 0.5) is 13.8 Å². The number of ether oxygens (including phenoxy) is 1. The molecule has 3 rings (SSSR count). The van der Waals surface area contributed by atoms with Crippen molar-refractivity contribution in [2.45, 2.75) is 32.0 Å². The lowest BCUT2D eigenvalue weighted by Crippen LogP contribution is -2.48. The van der Waals surface area contributed by atoms with Crippen molar-refractivity contribution in [1.29, 1.82) is 0 Å². The van der Waals surface area contributed by atoms with Crippen LogP contribution in [-0.4, -0.2) is 38.8 Å². The average Bonchev–Trinajstić information content (AvgIpc) is 3.21. The van der Waals surface area contributed by atoms with Crippen molar-refractivity contribution in [2.24, 2.45) is 4.99 Å². The van der Waals surface area contributed by atoms with Gasteiger partial charge in [-0.3, -0.25) is 4.99 Å². The fraction of sp³-hybridized carbons (Fsp3) is 0.421. The Morgan fingerprint density at radius 3 is 2.64 bits per heavy atom. The maximum atomic E-state index is 12.5. The number of piperidine rings is 1. The Balaban J connectivity index is 0.00000280. The Hall–Kier alpha value is -1.62. The second kappa shape index (κ2) is 11.4. The van der Waals surface area contributed by atoms with E-state index in [4.69, 9.17) is 0 Å². The minimum Gasteiger partial charge on any atom is -0.434 e. The monoisotopic (exact) mass is 522 g/mol. The van der Waals surface area contributed by atoms with Gasteiger partial charge in [0.15, 0.2) is 5.96 Å². The molecule has 1 aliphatic heterocycles. The molecule has 0 spiro atoms. The van der Waals surface area contributed by atoms with Crippen LogP contribution >= 0.6 is 35.3 Å². The fourth-order valence-corrected chi connectivity index (χ4v) is 3.91. The quantitative estimate of drug-likeness (QED) is 0.338. The first kappa shape index (κ1) is 22.7. The summed E-state index contributed by atoms with van der Waals surface area (Å²) in [5.41, 5.74) is 0.660. The fourth-order valence-electron chi connectivity index (χ4n) is 3.12. The van der Waals surface area contributed by atoms with Gasteiger partial charge >= 0.3 is 6.61 Å². The molecule has 2 N–H and O–H groups in total. The normalized spacial score (nSPS) is 15.3. The van der Waals surface area contributed by atoms with E-state index in [0.29, 0.717) is 24.1 Å². The van der Waals surface area contributed by atoms with Gasteiger partial charge in [-0.2, -0.15) is 8.78 Å². The van der Waals surface area contributed by atoms with Crippen LogP contribution in [0.15, 0.2) is 46.8 Å². The lowest BCUT2D eigenvalue weighted by atomic mass is 10.1. The van der Waals surface area contributed by atoms with Gasteiger partial charge in [0.1, 0.15) is 5.75 Å². The number of thiophene rings is 1. The number of para-hydroxylation sites is 1. The number of rotatable bonds is 6. The van der Waals surface area contributed by atoms with Gasteiger partial charge in [-0.1, -0.05) is 18.2 Å². The summed E-state index contributed by atoms with van der Waals surface area (Å²) in [6.45, 7) is -0.478. The van der Waals surface area contributed by atoms with Gasteiger partial charge in [0.05, 0.1) is 5.00 Å². The minimum absolute atomic E-state index is 0. The number of guanidine groups is 1. The molecule has 1 saturated heterocycles. The molecule has 154 valence electrons. The van der Waals surface area contributed by atoms with E-state index >= 15 is 0 Å². The molecule has 2 aromatic rings. The van der Waals surface area contributed by atoms with Gasteiger partial charge in [-0.15, -0.1) is 35.3 Å². The summed E-state index contributed by atoms with van der Waals surface area (Å²) in [6.07, 6.45) is 2.04. The van der Waals surface area contributed by atoms with Crippen LogP contribution in [0, 0.1) is 0 Å². The highest BCUT2D eigenvalue weighted by molar-refractivity contribution is 14.0. The second-order valence-electron chi connectivity index (χ2n) is 6.27. The molecule has 5 nitrogen and oxygen atoms in total. The predicted molar refractivity (Wildman–Crippen MR) is 121 cm³/mol. The largest absolute Gasteiger partial charge is 0.434 e. The highest BCUT2D eigenvalue weighted by atomic mass is 127. The number of nitrogens with zero attached hydrogens (tertiary/aromatic N) is 2. The van der Waals surface area contributed by atoms with E-state index in [1.807, 2.05) is 0 Å². The number of alkyl halides is 2. The van der Waals surface area contributed by atoms with E-state index in [1.165, 1.54) is 5.00 Å². The van der Waals surface area contributed by atoms with E-state index in [1.54, 1.807) is 42.6 Å². The van der Waals surface area contributed by atoms with Crippen molar-refractivity contribution in [3.8, 4) is 5.75 Å². The van der Waals surface area contributed by atoms with Gasteiger partial charge < -0.3 is 20.3 Å². The number of halogens is 3. The molecule has 2 heterocycles. The molecule has 0 atom stereocenters. The third-order valence-corrected chi connectivity index (χ3v) is 5.44. The molecule has 1 aromatic carbocycles. The van der Waals surface area contributed by atoms with Crippen LogP contribution in [0.25, 0.3) is 0 Å². The van der Waals surface area contributed by atoms with Crippen molar-refractivity contribution >= 4 is 46.3 Å². The van der Waals surface area contributed by atoms with Gasteiger partial charge in [0, 0.05) is 38.3 Å². The lowest BCUT2D eigenvalue weighted by Gasteiger charge is -2.33. The molecule has 0 aliphatic carbocycles. The van der Waals surface area contributed by atoms with Crippen molar-refractivity contribution < 1.29 is 13.5 Å². The summed E-state index contributed by atoms with van der Waals surface area (Å²) < 4.78 is 29.6. The van der Waals surface area contributed by atoms with E-state index in [-0.39, 0.29) is 29.7 Å². The third-order valence-electron chi connectivity index (χ3n) is 4.51. The van der Waals surface area contributed by atoms with Crippen LogP contribution < -0.4 is 20.3 Å². The number of aliphatic imine (C=N–C) groups is 1. The Labute approximate surface area is 185 Å². The molecule has 1 aromatic heterocycles. The summed E-state index contributed by atoms with van der Waals surface area (Å²) in [6, 6.07) is 11.3. The molecule has 0 radical (unpaired) electrons. The van der Waals surface area contributed by atoms with E-state index < -0.39 is 6.61 Å². The first-order chi connectivity index (χ1) is 13.2. The second-order valence-corrected chi connectivity index (χ2v) is 7.20. The predicted octanol–water partition coefficient (Wildman–Crippen LogP) is 4.30. The first-order valence-corrected chi connectivity index (χ1v) is 9.82. The molecule has 0 amide bonds. The SMILES string of the molecule is CN=C(NCc1ccccc1OC(F)F)NC1CCN(c2cccs2)CC1.I. The average molecular weight is 522 g/mol. The summed E-state index contributed by atoms with van der Waals surface area (Å²) in [5, 5.41) is 10.0. The topological polar surface area (TPSA) is 48.9 Å². The zero-order valence-electron chi connectivity index (χ0n) is 15.6. The Bertz CT molecular complexity index is 737. The minimum atomic E-state index is -2.84. The standard InChI is InChI=1S/C19H24F2N4OS.HI/c1-22-19(23-13-14-5-2-3-6-16(14)26-18(20)21)24-15-8-10-25(11-9-15)17-7-4-12-27-17;/h2-7,12,15,18H,8-11,13H2,1H3,(H2,22,23,24);1H. The lowest BCUT2D eigenvalue weighted by molar-refractivity contribution is -0.0504. The summed E-state index contributed by atoms with van der Waals surface area (Å²) in [5.74, 6) is 0.844. The van der Waals surface area contributed by atoms with Crippen LogP contribution in [0.1, 0.15) is 18.4 Å². The number of anilines is 1.